The largest absolute Gasteiger partial charge is 0.315 e. The fraction of sp³-hybridized carbons (Fsp3) is 0.857. The molecular formula is C14H24N4. The van der Waals surface area contributed by atoms with Crippen LogP contribution < -0.4 is 0 Å². The van der Waals surface area contributed by atoms with Gasteiger partial charge in [0.15, 0.2) is 0 Å². The van der Waals surface area contributed by atoms with Gasteiger partial charge in [0.1, 0.15) is 11.6 Å². The smallest absolute Gasteiger partial charge is 0.134 e. The minimum atomic E-state index is 0.697. The molecule has 0 N–H and O–H groups in total. The molecule has 1 aromatic rings. The molecule has 2 aliphatic heterocycles. The minimum Gasteiger partial charge on any atom is -0.315 e. The molecular weight excluding hydrogens is 224 g/mol. The van der Waals surface area contributed by atoms with Gasteiger partial charge in [-0.3, -0.25) is 0 Å². The maximum absolute atomic E-state index is 4.45. The van der Waals surface area contributed by atoms with Crippen molar-refractivity contribution in [3.8, 4) is 0 Å². The van der Waals surface area contributed by atoms with Crippen molar-refractivity contribution in [3.05, 3.63) is 11.6 Å². The highest BCUT2D eigenvalue weighted by Crippen LogP contribution is 2.23. The molecule has 0 spiro atoms. The Labute approximate surface area is 109 Å². The zero-order chi connectivity index (χ0) is 12.5. The topological polar surface area (TPSA) is 34.0 Å². The van der Waals surface area contributed by atoms with E-state index in [4.69, 9.17) is 0 Å². The second kappa shape index (κ2) is 5.00. The lowest BCUT2D eigenvalue weighted by atomic mass is 10.00. The molecule has 0 radical (unpaired) electrons. The van der Waals surface area contributed by atoms with Crippen LogP contribution in [-0.2, 0) is 19.4 Å². The van der Waals surface area contributed by atoms with Crippen molar-refractivity contribution >= 4 is 0 Å². The van der Waals surface area contributed by atoms with Gasteiger partial charge in [0, 0.05) is 25.4 Å². The van der Waals surface area contributed by atoms with Gasteiger partial charge in [-0.05, 0) is 38.3 Å². The molecule has 3 heterocycles. The number of nitrogens with zero attached hydrogens (tertiary/aromatic N) is 4. The average molecular weight is 248 g/mol. The first kappa shape index (κ1) is 12.2. The van der Waals surface area contributed by atoms with Gasteiger partial charge >= 0.3 is 0 Å². The van der Waals surface area contributed by atoms with Crippen molar-refractivity contribution in [1.82, 2.24) is 19.7 Å². The Kier molecular flexibility index (Phi) is 3.37. The van der Waals surface area contributed by atoms with Crippen LogP contribution >= 0.6 is 0 Å². The van der Waals surface area contributed by atoms with E-state index in [-0.39, 0.29) is 0 Å². The first-order valence-corrected chi connectivity index (χ1v) is 7.43. The second-order valence-corrected chi connectivity index (χ2v) is 5.91. The molecule has 2 atom stereocenters. The van der Waals surface area contributed by atoms with Crippen molar-refractivity contribution in [3.63, 3.8) is 0 Å². The molecule has 4 heteroatoms. The van der Waals surface area contributed by atoms with E-state index in [0.717, 1.165) is 25.3 Å². The number of hydrogen-bond donors (Lipinski definition) is 0. The van der Waals surface area contributed by atoms with E-state index in [1.54, 1.807) is 0 Å². The van der Waals surface area contributed by atoms with Crippen LogP contribution in [0.3, 0.4) is 0 Å². The lowest BCUT2D eigenvalue weighted by molar-refractivity contribution is 0.260. The summed E-state index contributed by atoms with van der Waals surface area (Å²) >= 11 is 0. The first-order chi connectivity index (χ1) is 8.78. The molecule has 18 heavy (non-hydrogen) atoms. The van der Waals surface area contributed by atoms with Crippen LogP contribution in [0, 0.1) is 5.92 Å². The Balaban J connectivity index is 1.74. The van der Waals surface area contributed by atoms with Crippen LogP contribution in [0.25, 0.3) is 0 Å². The van der Waals surface area contributed by atoms with E-state index in [9.17, 15) is 0 Å². The van der Waals surface area contributed by atoms with E-state index in [1.165, 1.54) is 44.0 Å². The number of aromatic nitrogens is 3. The Hall–Kier alpha value is -0.900. The SMILES string of the molecule is CCN1CCCC1Cc1nnc2n1CCC(C)C2. The molecule has 0 bridgehead atoms. The van der Waals surface area contributed by atoms with Crippen LogP contribution in [0.2, 0.25) is 0 Å². The molecule has 0 aromatic carbocycles. The summed E-state index contributed by atoms with van der Waals surface area (Å²) in [6.07, 6.45) is 6.15. The van der Waals surface area contributed by atoms with Crippen LogP contribution in [-0.4, -0.2) is 38.8 Å². The third-order valence-electron chi connectivity index (χ3n) is 4.60. The zero-order valence-electron chi connectivity index (χ0n) is 11.6. The van der Waals surface area contributed by atoms with Gasteiger partial charge in [0.25, 0.3) is 0 Å². The van der Waals surface area contributed by atoms with Crippen molar-refractivity contribution in [1.29, 1.82) is 0 Å². The molecule has 0 amide bonds. The van der Waals surface area contributed by atoms with Crippen LogP contribution in [0.1, 0.15) is 44.8 Å². The number of hydrogen-bond acceptors (Lipinski definition) is 3. The van der Waals surface area contributed by atoms with E-state index >= 15 is 0 Å². The Bertz CT molecular complexity index is 412. The summed E-state index contributed by atoms with van der Waals surface area (Å²) in [4.78, 5) is 2.59. The molecule has 2 aliphatic rings. The van der Waals surface area contributed by atoms with Crippen LogP contribution in [0.15, 0.2) is 0 Å². The van der Waals surface area contributed by atoms with Gasteiger partial charge in [-0.1, -0.05) is 13.8 Å². The van der Waals surface area contributed by atoms with Gasteiger partial charge in [-0.25, -0.2) is 0 Å². The summed E-state index contributed by atoms with van der Waals surface area (Å²) in [6, 6.07) is 0.697. The third-order valence-corrected chi connectivity index (χ3v) is 4.60. The molecule has 1 saturated heterocycles. The number of rotatable bonds is 3. The third kappa shape index (κ3) is 2.18. The quantitative estimate of drug-likeness (QED) is 0.819. The van der Waals surface area contributed by atoms with Gasteiger partial charge in [0.05, 0.1) is 0 Å². The maximum atomic E-state index is 4.45. The molecule has 1 aromatic heterocycles. The van der Waals surface area contributed by atoms with Gasteiger partial charge in [-0.15, -0.1) is 10.2 Å². The van der Waals surface area contributed by atoms with Gasteiger partial charge in [-0.2, -0.15) is 0 Å². The second-order valence-electron chi connectivity index (χ2n) is 5.91. The standard InChI is InChI=1S/C14H24N4/c1-3-17-7-4-5-12(17)10-14-16-15-13-9-11(2)6-8-18(13)14/h11-12H,3-10H2,1-2H3. The van der Waals surface area contributed by atoms with E-state index < -0.39 is 0 Å². The highest BCUT2D eigenvalue weighted by Gasteiger charge is 2.27. The number of likely N-dealkylation sites (tertiary alicyclic amines) is 1. The summed E-state index contributed by atoms with van der Waals surface area (Å²) in [5.74, 6) is 3.21. The molecule has 3 rings (SSSR count). The van der Waals surface area contributed by atoms with Crippen molar-refractivity contribution in [2.75, 3.05) is 13.1 Å². The van der Waals surface area contributed by atoms with Gasteiger partial charge < -0.3 is 9.47 Å². The Morgan fingerprint density at radius 3 is 2.94 bits per heavy atom. The summed E-state index contributed by atoms with van der Waals surface area (Å²) in [5.41, 5.74) is 0. The van der Waals surface area contributed by atoms with Gasteiger partial charge in [0.2, 0.25) is 0 Å². The number of fused-ring (bicyclic) bond motifs is 1. The van der Waals surface area contributed by atoms with E-state index in [2.05, 4.69) is 33.5 Å². The fourth-order valence-electron chi connectivity index (χ4n) is 3.45. The Morgan fingerprint density at radius 1 is 1.22 bits per heavy atom. The highest BCUT2D eigenvalue weighted by atomic mass is 15.3. The highest BCUT2D eigenvalue weighted by molar-refractivity contribution is 5.02. The molecule has 0 aliphatic carbocycles. The van der Waals surface area contributed by atoms with Crippen LogP contribution in [0.5, 0.6) is 0 Å². The molecule has 100 valence electrons. The summed E-state index contributed by atoms with van der Waals surface area (Å²) in [7, 11) is 0. The molecule has 2 unspecified atom stereocenters. The monoisotopic (exact) mass is 248 g/mol. The predicted molar refractivity (Wildman–Crippen MR) is 71.5 cm³/mol. The molecule has 1 fully saturated rings. The average Bonchev–Trinajstić information content (AvgIpc) is 2.96. The maximum Gasteiger partial charge on any atom is 0.134 e. The van der Waals surface area contributed by atoms with Crippen molar-refractivity contribution in [2.24, 2.45) is 5.92 Å². The van der Waals surface area contributed by atoms with E-state index in [0.29, 0.717) is 6.04 Å². The normalized spacial score (nSPS) is 28.6. The summed E-state index contributed by atoms with van der Waals surface area (Å²) in [5, 5.41) is 8.85. The zero-order valence-corrected chi connectivity index (χ0v) is 11.6. The molecule has 0 saturated carbocycles. The summed E-state index contributed by atoms with van der Waals surface area (Å²) < 4.78 is 2.38. The lowest BCUT2D eigenvalue weighted by Crippen LogP contribution is -2.32. The van der Waals surface area contributed by atoms with Crippen molar-refractivity contribution in [2.45, 2.75) is 58.5 Å². The fourth-order valence-corrected chi connectivity index (χ4v) is 3.45. The predicted octanol–water partition coefficient (Wildman–Crippen LogP) is 1.89. The van der Waals surface area contributed by atoms with Crippen molar-refractivity contribution < 1.29 is 0 Å². The summed E-state index contributed by atoms with van der Waals surface area (Å²) in [6.45, 7) is 8.13. The van der Waals surface area contributed by atoms with Crippen LogP contribution in [0.4, 0.5) is 0 Å². The molecule has 4 nitrogen and oxygen atoms in total. The number of likely N-dealkylation sites (N-methyl/N-ethyl adjacent to an activating group) is 1. The Morgan fingerprint density at radius 2 is 2.11 bits per heavy atom. The minimum absolute atomic E-state index is 0.697. The lowest BCUT2D eigenvalue weighted by Gasteiger charge is -2.24. The first-order valence-electron chi connectivity index (χ1n) is 7.43. The van der Waals surface area contributed by atoms with E-state index in [1.807, 2.05) is 0 Å².